The lowest BCUT2D eigenvalue weighted by Crippen LogP contribution is -2.10. The highest BCUT2D eigenvalue weighted by Gasteiger charge is 2.15. The molecule has 2 heteroatoms. The zero-order valence-corrected chi connectivity index (χ0v) is 9.33. The lowest BCUT2D eigenvalue weighted by Gasteiger charge is -2.14. The fraction of sp³-hybridized carbons (Fsp3) is 0.538. The van der Waals surface area contributed by atoms with Gasteiger partial charge >= 0.3 is 0 Å². The first-order valence-electron chi connectivity index (χ1n) is 5.82. The fourth-order valence-corrected chi connectivity index (χ4v) is 2.24. The predicted molar refractivity (Wildman–Crippen MR) is 62.1 cm³/mol. The van der Waals surface area contributed by atoms with Gasteiger partial charge in [-0.1, -0.05) is 12.5 Å². The van der Waals surface area contributed by atoms with Gasteiger partial charge < -0.3 is 10.5 Å². The van der Waals surface area contributed by atoms with Gasteiger partial charge in [0.2, 0.25) is 0 Å². The Morgan fingerprint density at radius 3 is 3.07 bits per heavy atom. The Morgan fingerprint density at radius 2 is 2.27 bits per heavy atom. The van der Waals surface area contributed by atoms with Crippen LogP contribution in [0, 0.1) is 0 Å². The van der Waals surface area contributed by atoms with Crippen molar-refractivity contribution < 1.29 is 4.74 Å². The van der Waals surface area contributed by atoms with E-state index in [1.165, 1.54) is 24.0 Å². The quantitative estimate of drug-likeness (QED) is 0.753. The van der Waals surface area contributed by atoms with Crippen molar-refractivity contribution in [2.24, 2.45) is 5.73 Å². The van der Waals surface area contributed by atoms with Crippen LogP contribution < -0.4 is 10.5 Å². The molecule has 0 unspecified atom stereocenters. The van der Waals surface area contributed by atoms with E-state index in [2.05, 4.69) is 18.2 Å². The standard InChI is InChI=1S/C13H19NO/c1-2-15-11-8-7-10-5-3-4-6-13(14)12(10)9-11/h7-9,13H,2-6,14H2,1H3/t13-/m0/s1. The van der Waals surface area contributed by atoms with Crippen LogP contribution in [0.3, 0.4) is 0 Å². The largest absolute Gasteiger partial charge is 0.494 e. The summed E-state index contributed by atoms with van der Waals surface area (Å²) in [4.78, 5) is 0. The SMILES string of the molecule is CCOc1ccc2c(c1)[C@@H](N)CCCC2. The van der Waals surface area contributed by atoms with E-state index < -0.39 is 0 Å². The second kappa shape index (κ2) is 4.67. The van der Waals surface area contributed by atoms with E-state index >= 15 is 0 Å². The molecule has 0 fully saturated rings. The van der Waals surface area contributed by atoms with Gasteiger partial charge in [-0.2, -0.15) is 0 Å². The average Bonchev–Trinajstić information content (AvgIpc) is 2.42. The van der Waals surface area contributed by atoms with Crippen molar-refractivity contribution in [2.75, 3.05) is 6.61 Å². The van der Waals surface area contributed by atoms with Crippen LogP contribution in [0.2, 0.25) is 0 Å². The molecule has 2 rings (SSSR count). The molecular weight excluding hydrogens is 186 g/mol. The van der Waals surface area contributed by atoms with Gasteiger partial charge in [0, 0.05) is 6.04 Å². The first-order valence-corrected chi connectivity index (χ1v) is 5.82. The fourth-order valence-electron chi connectivity index (χ4n) is 2.24. The molecule has 2 N–H and O–H groups in total. The summed E-state index contributed by atoms with van der Waals surface area (Å²) in [6.45, 7) is 2.72. The Kier molecular flexibility index (Phi) is 3.27. The van der Waals surface area contributed by atoms with Crippen molar-refractivity contribution in [3.05, 3.63) is 29.3 Å². The normalized spacial score (nSPS) is 20.5. The molecule has 1 aliphatic rings. The molecule has 0 radical (unpaired) electrons. The predicted octanol–water partition coefficient (Wildman–Crippen LogP) is 2.81. The highest BCUT2D eigenvalue weighted by atomic mass is 16.5. The number of hydrogen-bond donors (Lipinski definition) is 1. The summed E-state index contributed by atoms with van der Waals surface area (Å²) in [5, 5.41) is 0. The number of fused-ring (bicyclic) bond motifs is 1. The number of hydrogen-bond acceptors (Lipinski definition) is 2. The molecule has 82 valence electrons. The molecule has 1 atom stereocenters. The first kappa shape index (κ1) is 10.5. The minimum Gasteiger partial charge on any atom is -0.494 e. The smallest absolute Gasteiger partial charge is 0.119 e. The first-order chi connectivity index (χ1) is 7.31. The van der Waals surface area contributed by atoms with Crippen LogP contribution in [0.5, 0.6) is 5.75 Å². The van der Waals surface area contributed by atoms with Gasteiger partial charge in [-0.15, -0.1) is 0 Å². The summed E-state index contributed by atoms with van der Waals surface area (Å²) in [5.41, 5.74) is 8.85. The molecule has 15 heavy (non-hydrogen) atoms. The van der Waals surface area contributed by atoms with E-state index in [-0.39, 0.29) is 6.04 Å². The van der Waals surface area contributed by atoms with Crippen molar-refractivity contribution in [2.45, 2.75) is 38.6 Å². The Morgan fingerprint density at radius 1 is 1.40 bits per heavy atom. The van der Waals surface area contributed by atoms with E-state index in [0.29, 0.717) is 6.61 Å². The van der Waals surface area contributed by atoms with Gasteiger partial charge in [0.15, 0.2) is 0 Å². The molecule has 0 bridgehead atoms. The Labute approximate surface area is 91.4 Å². The van der Waals surface area contributed by atoms with Gasteiger partial charge in [0.05, 0.1) is 6.61 Å². The van der Waals surface area contributed by atoms with Gasteiger partial charge in [-0.25, -0.2) is 0 Å². The molecule has 0 amide bonds. The number of nitrogens with two attached hydrogens (primary N) is 1. The summed E-state index contributed by atoms with van der Waals surface area (Å²) in [7, 11) is 0. The van der Waals surface area contributed by atoms with E-state index in [9.17, 15) is 0 Å². The molecule has 0 saturated carbocycles. The number of ether oxygens (including phenoxy) is 1. The molecule has 1 aliphatic carbocycles. The minimum atomic E-state index is 0.197. The van der Waals surface area contributed by atoms with E-state index in [0.717, 1.165) is 18.6 Å². The molecule has 1 aromatic rings. The van der Waals surface area contributed by atoms with Crippen molar-refractivity contribution in [3.63, 3.8) is 0 Å². The zero-order valence-electron chi connectivity index (χ0n) is 9.33. The summed E-state index contributed by atoms with van der Waals surface area (Å²) in [6.07, 6.45) is 4.76. The molecule has 0 spiro atoms. The Bertz CT molecular complexity index is 335. The van der Waals surface area contributed by atoms with Crippen LogP contribution in [-0.4, -0.2) is 6.61 Å². The van der Waals surface area contributed by atoms with Crippen LogP contribution >= 0.6 is 0 Å². The molecular formula is C13H19NO. The van der Waals surface area contributed by atoms with Crippen molar-refractivity contribution in [3.8, 4) is 5.75 Å². The highest BCUT2D eigenvalue weighted by molar-refractivity contribution is 5.38. The molecule has 2 nitrogen and oxygen atoms in total. The summed E-state index contributed by atoms with van der Waals surface area (Å²) < 4.78 is 5.51. The van der Waals surface area contributed by atoms with E-state index in [1.54, 1.807) is 0 Å². The van der Waals surface area contributed by atoms with Crippen LogP contribution in [0.25, 0.3) is 0 Å². The zero-order chi connectivity index (χ0) is 10.7. The minimum absolute atomic E-state index is 0.197. The summed E-state index contributed by atoms with van der Waals surface area (Å²) >= 11 is 0. The van der Waals surface area contributed by atoms with Gasteiger partial charge in [-0.3, -0.25) is 0 Å². The van der Waals surface area contributed by atoms with Crippen molar-refractivity contribution in [1.29, 1.82) is 0 Å². The maximum Gasteiger partial charge on any atom is 0.119 e. The van der Waals surface area contributed by atoms with Crippen molar-refractivity contribution >= 4 is 0 Å². The third kappa shape index (κ3) is 2.32. The van der Waals surface area contributed by atoms with Gasteiger partial charge in [-0.05, 0) is 49.4 Å². The van der Waals surface area contributed by atoms with Gasteiger partial charge in [0.1, 0.15) is 5.75 Å². The average molecular weight is 205 g/mol. The van der Waals surface area contributed by atoms with Crippen LogP contribution in [0.1, 0.15) is 43.4 Å². The third-order valence-corrected chi connectivity index (χ3v) is 3.04. The third-order valence-electron chi connectivity index (χ3n) is 3.04. The Balaban J connectivity index is 2.31. The molecule has 0 aliphatic heterocycles. The lowest BCUT2D eigenvalue weighted by atomic mass is 9.99. The maximum absolute atomic E-state index is 6.16. The number of rotatable bonds is 2. The second-order valence-electron chi connectivity index (χ2n) is 4.15. The monoisotopic (exact) mass is 205 g/mol. The Hall–Kier alpha value is -1.02. The van der Waals surface area contributed by atoms with E-state index in [4.69, 9.17) is 10.5 Å². The maximum atomic E-state index is 6.16. The van der Waals surface area contributed by atoms with Gasteiger partial charge in [0.25, 0.3) is 0 Å². The van der Waals surface area contributed by atoms with E-state index in [1.807, 2.05) is 6.92 Å². The second-order valence-corrected chi connectivity index (χ2v) is 4.15. The topological polar surface area (TPSA) is 35.2 Å². The number of aryl methyl sites for hydroxylation is 1. The van der Waals surface area contributed by atoms with Crippen molar-refractivity contribution in [1.82, 2.24) is 0 Å². The molecule has 1 aromatic carbocycles. The van der Waals surface area contributed by atoms with Crippen LogP contribution in [0.4, 0.5) is 0 Å². The highest BCUT2D eigenvalue weighted by Crippen LogP contribution is 2.29. The molecule has 0 saturated heterocycles. The number of benzene rings is 1. The molecule has 0 aromatic heterocycles. The lowest BCUT2D eigenvalue weighted by molar-refractivity contribution is 0.339. The summed E-state index contributed by atoms with van der Waals surface area (Å²) in [5.74, 6) is 0.952. The molecule has 0 heterocycles. The van der Waals surface area contributed by atoms with Crippen LogP contribution in [0.15, 0.2) is 18.2 Å². The summed E-state index contributed by atoms with van der Waals surface area (Å²) in [6, 6.07) is 6.55. The van der Waals surface area contributed by atoms with Crippen LogP contribution in [-0.2, 0) is 6.42 Å².